The molecule has 2 heterocycles. The summed E-state index contributed by atoms with van der Waals surface area (Å²) < 4.78 is 9.73. The van der Waals surface area contributed by atoms with E-state index < -0.39 is 17.9 Å². The van der Waals surface area contributed by atoms with Crippen molar-refractivity contribution in [3.8, 4) is 0 Å². The molecule has 8 heteroatoms. The zero-order chi connectivity index (χ0) is 19.6. The molecule has 1 aromatic carbocycles. The maximum absolute atomic E-state index is 12.8. The van der Waals surface area contributed by atoms with Crippen LogP contribution in [0, 0.1) is 0 Å². The summed E-state index contributed by atoms with van der Waals surface area (Å²) in [6, 6.07) is 3.86. The molecule has 1 aromatic rings. The number of amides is 3. The zero-order valence-electron chi connectivity index (χ0n) is 15.4. The van der Waals surface area contributed by atoms with Gasteiger partial charge in [-0.25, -0.2) is 4.79 Å². The number of fused-ring (bicyclic) bond motifs is 1. The van der Waals surface area contributed by atoms with Crippen LogP contribution in [0.15, 0.2) is 18.2 Å². The Morgan fingerprint density at radius 1 is 1.15 bits per heavy atom. The fourth-order valence-electron chi connectivity index (χ4n) is 3.55. The molecular formula is C19H22N2O6. The highest BCUT2D eigenvalue weighted by Gasteiger charge is 2.38. The molecule has 0 aromatic heterocycles. The van der Waals surface area contributed by atoms with E-state index in [0.717, 1.165) is 0 Å². The molecule has 0 bridgehead atoms. The van der Waals surface area contributed by atoms with Crippen LogP contribution in [0.4, 0.5) is 0 Å². The number of nitrogens with zero attached hydrogens (tertiary/aromatic N) is 2. The highest BCUT2D eigenvalue weighted by molar-refractivity contribution is 6.22. The molecule has 0 aliphatic carbocycles. The lowest BCUT2D eigenvalue weighted by Gasteiger charge is -2.22. The summed E-state index contributed by atoms with van der Waals surface area (Å²) >= 11 is 0. The number of esters is 1. The molecule has 0 spiro atoms. The molecule has 27 heavy (non-hydrogen) atoms. The minimum atomic E-state index is -0.612. The van der Waals surface area contributed by atoms with Crippen molar-refractivity contribution in [2.24, 2.45) is 0 Å². The van der Waals surface area contributed by atoms with Gasteiger partial charge >= 0.3 is 5.97 Å². The maximum Gasteiger partial charge on any atom is 0.328 e. The number of methoxy groups -OCH3 is 2. The number of imide groups is 1. The third-order valence-electron chi connectivity index (χ3n) is 4.93. The van der Waals surface area contributed by atoms with Gasteiger partial charge in [0.2, 0.25) is 0 Å². The first-order valence-electron chi connectivity index (χ1n) is 8.87. The molecule has 0 radical (unpaired) electrons. The monoisotopic (exact) mass is 374 g/mol. The summed E-state index contributed by atoms with van der Waals surface area (Å²) in [4.78, 5) is 52.4. The molecule has 8 nitrogen and oxygen atoms in total. The van der Waals surface area contributed by atoms with Crippen LogP contribution in [-0.2, 0) is 14.3 Å². The number of ether oxygens (including phenoxy) is 2. The van der Waals surface area contributed by atoms with Gasteiger partial charge in [0.1, 0.15) is 6.04 Å². The second-order valence-corrected chi connectivity index (χ2v) is 6.55. The van der Waals surface area contributed by atoms with E-state index >= 15 is 0 Å². The Morgan fingerprint density at radius 2 is 1.89 bits per heavy atom. The standard InChI is InChI=1S/C19H22N2O6/c1-26-10-4-9-21-17(23)13-7-6-12(11-14(13)18(21)24)16(22)20-8-3-5-15(20)19(25)27-2/h6-7,11,15H,3-5,8-10H2,1-2H3. The lowest BCUT2D eigenvalue weighted by molar-refractivity contribution is -0.145. The SMILES string of the molecule is COCCCN1C(=O)c2ccc(C(=O)N3CCCC3C(=O)OC)cc2C1=O. The third kappa shape index (κ3) is 3.44. The van der Waals surface area contributed by atoms with Crippen molar-refractivity contribution in [2.45, 2.75) is 25.3 Å². The molecule has 3 rings (SSSR count). The summed E-state index contributed by atoms with van der Waals surface area (Å²) in [5.41, 5.74) is 0.793. The van der Waals surface area contributed by atoms with Gasteiger partial charge in [-0.15, -0.1) is 0 Å². The van der Waals surface area contributed by atoms with Crippen molar-refractivity contribution in [3.63, 3.8) is 0 Å². The van der Waals surface area contributed by atoms with Crippen molar-refractivity contribution in [2.75, 3.05) is 33.9 Å². The fourth-order valence-corrected chi connectivity index (χ4v) is 3.55. The summed E-state index contributed by atoms with van der Waals surface area (Å²) in [7, 11) is 2.85. The first kappa shape index (κ1) is 19.0. The molecule has 1 unspecified atom stereocenters. The van der Waals surface area contributed by atoms with E-state index in [1.54, 1.807) is 7.11 Å². The van der Waals surface area contributed by atoms with E-state index in [1.165, 1.54) is 35.1 Å². The van der Waals surface area contributed by atoms with Gasteiger partial charge in [-0.2, -0.15) is 0 Å². The third-order valence-corrected chi connectivity index (χ3v) is 4.93. The van der Waals surface area contributed by atoms with E-state index in [-0.39, 0.29) is 29.5 Å². The van der Waals surface area contributed by atoms with Gasteiger partial charge in [-0.3, -0.25) is 19.3 Å². The second-order valence-electron chi connectivity index (χ2n) is 6.55. The molecular weight excluding hydrogens is 352 g/mol. The summed E-state index contributed by atoms with van der Waals surface area (Å²) in [6.45, 7) is 1.16. The number of benzene rings is 1. The van der Waals surface area contributed by atoms with Crippen LogP contribution in [0.3, 0.4) is 0 Å². The Kier molecular flexibility index (Phi) is 5.55. The zero-order valence-corrected chi connectivity index (χ0v) is 15.4. The highest BCUT2D eigenvalue weighted by Crippen LogP contribution is 2.27. The Bertz CT molecular complexity index is 790. The lowest BCUT2D eigenvalue weighted by Crippen LogP contribution is -2.41. The van der Waals surface area contributed by atoms with E-state index in [4.69, 9.17) is 9.47 Å². The topological polar surface area (TPSA) is 93.2 Å². The number of hydrogen-bond acceptors (Lipinski definition) is 6. The predicted octanol–water partition coefficient (Wildman–Crippen LogP) is 1.10. The lowest BCUT2D eigenvalue weighted by atomic mass is 10.0. The summed E-state index contributed by atoms with van der Waals surface area (Å²) in [5.74, 6) is -1.56. The van der Waals surface area contributed by atoms with E-state index in [1.807, 2.05) is 0 Å². The van der Waals surface area contributed by atoms with Crippen LogP contribution >= 0.6 is 0 Å². The van der Waals surface area contributed by atoms with Crippen LogP contribution < -0.4 is 0 Å². The van der Waals surface area contributed by atoms with Crippen LogP contribution in [0.2, 0.25) is 0 Å². The van der Waals surface area contributed by atoms with Crippen molar-refractivity contribution in [3.05, 3.63) is 34.9 Å². The van der Waals surface area contributed by atoms with Crippen LogP contribution in [-0.4, -0.2) is 73.4 Å². The number of hydrogen-bond donors (Lipinski definition) is 0. The van der Waals surface area contributed by atoms with Crippen molar-refractivity contribution in [1.29, 1.82) is 0 Å². The molecule has 1 saturated heterocycles. The van der Waals surface area contributed by atoms with E-state index in [0.29, 0.717) is 38.0 Å². The predicted molar refractivity (Wildman–Crippen MR) is 94.4 cm³/mol. The molecule has 0 saturated carbocycles. The van der Waals surface area contributed by atoms with E-state index in [9.17, 15) is 19.2 Å². The largest absolute Gasteiger partial charge is 0.467 e. The van der Waals surface area contributed by atoms with Gasteiger partial charge in [0.05, 0.1) is 18.2 Å². The molecule has 2 aliphatic rings. The van der Waals surface area contributed by atoms with Crippen LogP contribution in [0.25, 0.3) is 0 Å². The van der Waals surface area contributed by atoms with Gasteiger partial charge < -0.3 is 14.4 Å². The average molecular weight is 374 g/mol. The Hall–Kier alpha value is -2.74. The van der Waals surface area contributed by atoms with Gasteiger partial charge in [0.25, 0.3) is 17.7 Å². The first-order chi connectivity index (χ1) is 13.0. The molecule has 2 aliphatic heterocycles. The number of likely N-dealkylation sites (tertiary alicyclic amines) is 1. The van der Waals surface area contributed by atoms with E-state index in [2.05, 4.69) is 0 Å². The fraction of sp³-hybridized carbons (Fsp3) is 0.474. The second kappa shape index (κ2) is 7.87. The van der Waals surface area contributed by atoms with Crippen LogP contribution in [0.1, 0.15) is 50.3 Å². The Morgan fingerprint density at radius 3 is 2.59 bits per heavy atom. The number of carbonyl (C=O) groups excluding carboxylic acids is 4. The van der Waals surface area contributed by atoms with Gasteiger partial charge in [-0.05, 0) is 37.5 Å². The Balaban J connectivity index is 1.81. The minimum Gasteiger partial charge on any atom is -0.467 e. The van der Waals surface area contributed by atoms with Gasteiger partial charge in [0.15, 0.2) is 0 Å². The number of carbonyl (C=O) groups is 4. The minimum absolute atomic E-state index is 0.220. The van der Waals surface area contributed by atoms with Gasteiger partial charge in [-0.1, -0.05) is 0 Å². The average Bonchev–Trinajstić information content (AvgIpc) is 3.26. The number of rotatable bonds is 6. The quantitative estimate of drug-likeness (QED) is 0.420. The molecule has 3 amide bonds. The van der Waals surface area contributed by atoms with Crippen molar-refractivity contribution < 1.29 is 28.7 Å². The highest BCUT2D eigenvalue weighted by atomic mass is 16.5. The first-order valence-corrected chi connectivity index (χ1v) is 8.87. The van der Waals surface area contributed by atoms with Crippen LogP contribution in [0.5, 0.6) is 0 Å². The molecule has 1 atom stereocenters. The molecule has 1 fully saturated rings. The van der Waals surface area contributed by atoms with Gasteiger partial charge in [0, 0.05) is 32.4 Å². The Labute approximate surface area is 157 Å². The summed E-state index contributed by atoms with van der Waals surface area (Å²) in [5, 5.41) is 0. The normalized spacial score (nSPS) is 18.8. The van der Waals surface area contributed by atoms with Crippen molar-refractivity contribution >= 4 is 23.7 Å². The smallest absolute Gasteiger partial charge is 0.328 e. The summed E-state index contributed by atoms with van der Waals surface area (Å²) in [6.07, 6.45) is 1.80. The molecule has 0 N–H and O–H groups in total. The maximum atomic E-state index is 12.8. The molecule has 144 valence electrons. The van der Waals surface area contributed by atoms with Crippen molar-refractivity contribution in [1.82, 2.24) is 9.80 Å².